The Morgan fingerprint density at radius 3 is 2.15 bits per heavy atom. The molecule has 120 valence electrons. The van der Waals surface area contributed by atoms with Gasteiger partial charge in [0.15, 0.2) is 6.29 Å². The molecule has 5 N–H and O–H groups in total. The topological polar surface area (TPSA) is 114 Å². The molecule has 0 saturated carbocycles. The number of rotatable bonds is 10. The van der Waals surface area contributed by atoms with E-state index in [2.05, 4.69) is 0 Å². The van der Waals surface area contributed by atoms with Crippen LogP contribution >= 0.6 is 0 Å². The van der Waals surface area contributed by atoms with E-state index in [-0.39, 0.29) is 12.1 Å². The minimum absolute atomic E-state index is 0.00876. The molecule has 0 aromatic carbocycles. The highest BCUT2D eigenvalue weighted by molar-refractivity contribution is 5.85. The fourth-order valence-electron chi connectivity index (χ4n) is 1.76. The van der Waals surface area contributed by atoms with Crippen LogP contribution in [0.15, 0.2) is 0 Å². The standard InChI is InChI=1S/C14H29NO5/c1-5-7-10(15)12(17)13(18)20-11(14(3,4)19)8-9(16)6-2/h9,11-13,15-19H,5-8H2,1-4H3/t9-,11-,12-,13?/m1/s1. The van der Waals surface area contributed by atoms with Gasteiger partial charge in [-0.2, -0.15) is 0 Å². The molecular weight excluding hydrogens is 262 g/mol. The van der Waals surface area contributed by atoms with Gasteiger partial charge >= 0.3 is 0 Å². The zero-order chi connectivity index (χ0) is 15.9. The van der Waals surface area contributed by atoms with Crippen molar-refractivity contribution in [3.05, 3.63) is 0 Å². The van der Waals surface area contributed by atoms with E-state index in [0.29, 0.717) is 19.3 Å². The van der Waals surface area contributed by atoms with Crippen molar-refractivity contribution in [1.82, 2.24) is 0 Å². The van der Waals surface area contributed by atoms with Crippen LogP contribution in [0, 0.1) is 5.41 Å². The first kappa shape index (κ1) is 19.5. The second-order valence-electron chi connectivity index (χ2n) is 5.69. The molecule has 0 spiro atoms. The first-order valence-electron chi connectivity index (χ1n) is 7.12. The van der Waals surface area contributed by atoms with E-state index in [0.717, 1.165) is 0 Å². The van der Waals surface area contributed by atoms with Gasteiger partial charge in [-0.15, -0.1) is 0 Å². The van der Waals surface area contributed by atoms with Crippen molar-refractivity contribution in [3.63, 3.8) is 0 Å². The van der Waals surface area contributed by atoms with Gasteiger partial charge in [-0.3, -0.25) is 0 Å². The van der Waals surface area contributed by atoms with Crippen LogP contribution in [0.1, 0.15) is 53.4 Å². The molecule has 0 aromatic rings. The highest BCUT2D eigenvalue weighted by Gasteiger charge is 2.34. The summed E-state index contributed by atoms with van der Waals surface area (Å²) in [6.45, 7) is 6.69. The Bertz CT molecular complexity index is 290. The summed E-state index contributed by atoms with van der Waals surface area (Å²) in [5.41, 5.74) is -1.28. The fourth-order valence-corrected chi connectivity index (χ4v) is 1.76. The van der Waals surface area contributed by atoms with Crippen molar-refractivity contribution >= 4 is 5.71 Å². The van der Waals surface area contributed by atoms with E-state index in [9.17, 15) is 20.4 Å². The summed E-state index contributed by atoms with van der Waals surface area (Å²) in [6, 6.07) is 0. The third-order valence-electron chi connectivity index (χ3n) is 3.20. The molecule has 1 unspecified atom stereocenters. The van der Waals surface area contributed by atoms with Crippen molar-refractivity contribution in [2.45, 2.75) is 83.6 Å². The SMILES string of the molecule is CCCC(=N)[C@@H](O)C(O)O[C@H](C[C@H](O)CC)C(C)(C)O. The van der Waals surface area contributed by atoms with Crippen LogP contribution < -0.4 is 0 Å². The number of ether oxygens (including phenoxy) is 1. The van der Waals surface area contributed by atoms with Crippen molar-refractivity contribution < 1.29 is 25.2 Å². The summed E-state index contributed by atoms with van der Waals surface area (Å²) in [4.78, 5) is 0. The molecule has 0 rings (SSSR count). The lowest BCUT2D eigenvalue weighted by Gasteiger charge is -2.33. The van der Waals surface area contributed by atoms with Gasteiger partial charge in [-0.25, -0.2) is 0 Å². The Morgan fingerprint density at radius 1 is 1.20 bits per heavy atom. The lowest BCUT2D eigenvalue weighted by molar-refractivity contribution is -0.216. The number of nitrogens with one attached hydrogen (secondary N) is 1. The highest BCUT2D eigenvalue weighted by Crippen LogP contribution is 2.21. The van der Waals surface area contributed by atoms with Gasteiger partial charge in [-0.1, -0.05) is 20.3 Å². The smallest absolute Gasteiger partial charge is 0.186 e. The largest absolute Gasteiger partial charge is 0.393 e. The Morgan fingerprint density at radius 2 is 1.75 bits per heavy atom. The molecule has 0 amide bonds. The third kappa shape index (κ3) is 6.76. The second-order valence-corrected chi connectivity index (χ2v) is 5.69. The van der Waals surface area contributed by atoms with E-state index in [1.165, 1.54) is 13.8 Å². The van der Waals surface area contributed by atoms with Crippen LogP contribution in [-0.2, 0) is 4.74 Å². The van der Waals surface area contributed by atoms with Gasteiger partial charge in [0.2, 0.25) is 0 Å². The molecule has 6 heteroatoms. The van der Waals surface area contributed by atoms with E-state index in [1.807, 2.05) is 6.92 Å². The minimum Gasteiger partial charge on any atom is -0.393 e. The number of aliphatic hydroxyl groups is 4. The quantitative estimate of drug-likeness (QED) is 0.302. The molecule has 0 saturated heterocycles. The van der Waals surface area contributed by atoms with Crippen molar-refractivity contribution in [3.8, 4) is 0 Å². The summed E-state index contributed by atoms with van der Waals surface area (Å²) in [7, 11) is 0. The zero-order valence-electron chi connectivity index (χ0n) is 12.8. The van der Waals surface area contributed by atoms with E-state index in [4.69, 9.17) is 10.1 Å². The van der Waals surface area contributed by atoms with Gasteiger partial charge < -0.3 is 30.6 Å². The lowest BCUT2D eigenvalue weighted by atomic mass is 9.95. The monoisotopic (exact) mass is 291 g/mol. The van der Waals surface area contributed by atoms with Gasteiger partial charge in [0.1, 0.15) is 6.10 Å². The van der Waals surface area contributed by atoms with E-state index < -0.39 is 30.2 Å². The molecule has 0 fully saturated rings. The van der Waals surface area contributed by atoms with E-state index in [1.54, 1.807) is 6.92 Å². The van der Waals surface area contributed by atoms with Gasteiger partial charge in [0, 0.05) is 12.1 Å². The zero-order valence-corrected chi connectivity index (χ0v) is 12.8. The van der Waals surface area contributed by atoms with Gasteiger partial charge in [0.25, 0.3) is 0 Å². The molecule has 0 bridgehead atoms. The molecule has 0 radical (unpaired) electrons. The van der Waals surface area contributed by atoms with Crippen LogP contribution in [0.5, 0.6) is 0 Å². The first-order valence-corrected chi connectivity index (χ1v) is 7.12. The summed E-state index contributed by atoms with van der Waals surface area (Å²) in [5.74, 6) is 0. The summed E-state index contributed by atoms with van der Waals surface area (Å²) >= 11 is 0. The Labute approximate surface area is 120 Å². The minimum atomic E-state index is -1.59. The molecule has 6 nitrogen and oxygen atoms in total. The highest BCUT2D eigenvalue weighted by atomic mass is 16.6. The molecule has 0 aliphatic rings. The normalized spacial score (nSPS) is 18.4. The molecule has 0 aliphatic carbocycles. The molecule has 0 aromatic heterocycles. The van der Waals surface area contributed by atoms with Gasteiger partial charge in [-0.05, 0) is 26.7 Å². The van der Waals surface area contributed by atoms with Crippen LogP contribution in [0.4, 0.5) is 0 Å². The summed E-state index contributed by atoms with van der Waals surface area (Å²) in [6.07, 6.45) is -2.81. The number of hydrogen-bond donors (Lipinski definition) is 5. The first-order chi connectivity index (χ1) is 9.13. The molecular formula is C14H29NO5. The summed E-state index contributed by atoms with van der Waals surface area (Å²) in [5, 5.41) is 46.9. The molecule has 0 aliphatic heterocycles. The average Bonchev–Trinajstić information content (AvgIpc) is 2.35. The molecule has 0 heterocycles. The van der Waals surface area contributed by atoms with Gasteiger partial charge in [0.05, 0.1) is 17.8 Å². The van der Waals surface area contributed by atoms with Crippen molar-refractivity contribution in [2.75, 3.05) is 0 Å². The predicted octanol–water partition coefficient (Wildman–Crippen LogP) is 0.803. The van der Waals surface area contributed by atoms with Crippen LogP contribution in [0.2, 0.25) is 0 Å². The van der Waals surface area contributed by atoms with Crippen LogP contribution in [0.25, 0.3) is 0 Å². The van der Waals surface area contributed by atoms with E-state index >= 15 is 0 Å². The second kappa shape index (κ2) is 8.69. The maximum Gasteiger partial charge on any atom is 0.186 e. The maximum absolute atomic E-state index is 10.0. The lowest BCUT2D eigenvalue weighted by Crippen LogP contribution is -2.46. The Hall–Kier alpha value is -0.530. The predicted molar refractivity (Wildman–Crippen MR) is 76.7 cm³/mol. The van der Waals surface area contributed by atoms with Crippen LogP contribution in [0.3, 0.4) is 0 Å². The Balaban J connectivity index is 4.68. The number of hydrogen-bond acceptors (Lipinski definition) is 6. The molecule has 20 heavy (non-hydrogen) atoms. The summed E-state index contributed by atoms with van der Waals surface area (Å²) < 4.78 is 5.27. The maximum atomic E-state index is 10.0. The average molecular weight is 291 g/mol. The Kier molecular flexibility index (Phi) is 8.46. The fraction of sp³-hybridized carbons (Fsp3) is 0.929. The molecule has 4 atom stereocenters. The third-order valence-corrected chi connectivity index (χ3v) is 3.20. The van der Waals surface area contributed by atoms with Crippen molar-refractivity contribution in [1.29, 1.82) is 5.41 Å². The number of aliphatic hydroxyl groups excluding tert-OH is 3. The van der Waals surface area contributed by atoms with Crippen LogP contribution in [-0.4, -0.2) is 56.3 Å². The van der Waals surface area contributed by atoms with Crippen molar-refractivity contribution in [2.24, 2.45) is 0 Å².